The van der Waals surface area contributed by atoms with Crippen LogP contribution in [-0.2, 0) is 4.79 Å². The Balaban J connectivity index is 1.57. The first-order chi connectivity index (χ1) is 11.6. The lowest BCUT2D eigenvalue weighted by molar-refractivity contribution is -0.113. The van der Waals surface area contributed by atoms with E-state index in [9.17, 15) is 4.79 Å². The summed E-state index contributed by atoms with van der Waals surface area (Å²) in [6, 6.07) is 15.1. The highest BCUT2D eigenvalue weighted by molar-refractivity contribution is 8.00. The highest BCUT2D eigenvalue weighted by atomic mass is 35.5. The number of benzene rings is 2. The Bertz CT molecular complexity index is 832. The summed E-state index contributed by atoms with van der Waals surface area (Å²) in [6.07, 6.45) is 0. The molecular formula is C17H14ClN3O2S. The number of anilines is 1. The first-order valence-electron chi connectivity index (χ1n) is 7.19. The minimum Gasteiger partial charge on any atom is -0.403 e. The summed E-state index contributed by atoms with van der Waals surface area (Å²) in [6.45, 7) is 2.02. The van der Waals surface area contributed by atoms with E-state index in [4.69, 9.17) is 16.0 Å². The van der Waals surface area contributed by atoms with Crippen molar-refractivity contribution in [2.75, 3.05) is 11.1 Å². The van der Waals surface area contributed by atoms with Crippen LogP contribution in [0.15, 0.2) is 57.8 Å². The molecule has 122 valence electrons. The van der Waals surface area contributed by atoms with Gasteiger partial charge < -0.3 is 4.42 Å². The molecule has 0 saturated carbocycles. The second-order valence-corrected chi connectivity index (χ2v) is 6.55. The van der Waals surface area contributed by atoms with Crippen LogP contribution in [0.4, 0.5) is 6.01 Å². The summed E-state index contributed by atoms with van der Waals surface area (Å²) in [5.74, 6) is 0.391. The van der Waals surface area contributed by atoms with Crippen LogP contribution in [-0.4, -0.2) is 21.9 Å². The van der Waals surface area contributed by atoms with Gasteiger partial charge in [0.1, 0.15) is 0 Å². The monoisotopic (exact) mass is 359 g/mol. The van der Waals surface area contributed by atoms with E-state index in [2.05, 4.69) is 15.5 Å². The number of aryl methyl sites for hydroxylation is 1. The van der Waals surface area contributed by atoms with Crippen molar-refractivity contribution in [2.45, 2.75) is 11.8 Å². The van der Waals surface area contributed by atoms with Gasteiger partial charge in [-0.25, -0.2) is 0 Å². The SMILES string of the molecule is Cc1ccc(SCC(=O)Nc2nnc(-c3ccc(Cl)cc3)o2)cc1. The fraction of sp³-hybridized carbons (Fsp3) is 0.118. The van der Waals surface area contributed by atoms with Crippen LogP contribution in [0, 0.1) is 6.92 Å². The number of aromatic nitrogens is 2. The lowest BCUT2D eigenvalue weighted by Crippen LogP contribution is -2.14. The zero-order valence-corrected chi connectivity index (χ0v) is 14.4. The molecule has 1 heterocycles. The molecule has 7 heteroatoms. The molecule has 0 aliphatic rings. The maximum Gasteiger partial charge on any atom is 0.322 e. The average Bonchev–Trinajstić information content (AvgIpc) is 3.03. The van der Waals surface area contributed by atoms with E-state index >= 15 is 0 Å². The molecule has 3 rings (SSSR count). The van der Waals surface area contributed by atoms with E-state index in [1.54, 1.807) is 24.3 Å². The quantitative estimate of drug-likeness (QED) is 0.682. The Hall–Kier alpha value is -2.31. The number of carbonyl (C=O) groups is 1. The molecule has 0 aliphatic carbocycles. The lowest BCUT2D eigenvalue weighted by atomic mass is 10.2. The number of nitrogens with zero attached hydrogens (tertiary/aromatic N) is 2. The standard InChI is InChI=1S/C17H14ClN3O2S/c1-11-2-8-14(9-3-11)24-10-15(22)19-17-21-20-16(23-17)12-4-6-13(18)7-5-12/h2-9H,10H2,1H3,(H,19,21,22). The van der Waals surface area contributed by atoms with Crippen LogP contribution in [0.25, 0.3) is 11.5 Å². The van der Waals surface area contributed by atoms with Gasteiger partial charge in [-0.15, -0.1) is 16.9 Å². The second kappa shape index (κ2) is 7.51. The van der Waals surface area contributed by atoms with Gasteiger partial charge in [0, 0.05) is 15.5 Å². The van der Waals surface area contributed by atoms with Gasteiger partial charge in [-0.3, -0.25) is 10.1 Å². The first kappa shape index (κ1) is 16.5. The molecule has 0 aliphatic heterocycles. The summed E-state index contributed by atoms with van der Waals surface area (Å²) >= 11 is 7.29. The van der Waals surface area contributed by atoms with Crippen LogP contribution < -0.4 is 5.32 Å². The van der Waals surface area contributed by atoms with Crippen LogP contribution in [0.2, 0.25) is 5.02 Å². The smallest absolute Gasteiger partial charge is 0.322 e. The number of hydrogen-bond donors (Lipinski definition) is 1. The number of amides is 1. The molecule has 2 aromatic carbocycles. The molecule has 1 N–H and O–H groups in total. The highest BCUT2D eigenvalue weighted by Crippen LogP contribution is 2.22. The fourth-order valence-electron chi connectivity index (χ4n) is 1.92. The van der Waals surface area contributed by atoms with Crippen LogP contribution in [0.5, 0.6) is 0 Å². The number of hydrogen-bond acceptors (Lipinski definition) is 5. The van der Waals surface area contributed by atoms with Gasteiger partial charge >= 0.3 is 6.01 Å². The molecule has 0 saturated heterocycles. The summed E-state index contributed by atoms with van der Waals surface area (Å²) in [5.41, 5.74) is 1.92. The van der Waals surface area contributed by atoms with Gasteiger partial charge in [-0.2, -0.15) is 0 Å². The van der Waals surface area contributed by atoms with Crippen molar-refractivity contribution in [1.82, 2.24) is 10.2 Å². The minimum atomic E-state index is -0.202. The van der Waals surface area contributed by atoms with E-state index in [0.717, 1.165) is 10.5 Å². The Morgan fingerprint density at radius 2 is 1.83 bits per heavy atom. The van der Waals surface area contributed by atoms with E-state index in [0.29, 0.717) is 10.9 Å². The maximum atomic E-state index is 12.0. The Kier molecular flexibility index (Phi) is 5.17. The van der Waals surface area contributed by atoms with Gasteiger partial charge in [-0.05, 0) is 43.3 Å². The predicted octanol–water partition coefficient (Wildman–Crippen LogP) is 4.43. The topological polar surface area (TPSA) is 68.0 Å². The number of carbonyl (C=O) groups excluding carboxylic acids is 1. The van der Waals surface area contributed by atoms with E-state index in [1.165, 1.54) is 17.3 Å². The molecule has 5 nitrogen and oxygen atoms in total. The third-order valence-corrected chi connectivity index (χ3v) is 4.42. The van der Waals surface area contributed by atoms with Gasteiger partial charge in [0.2, 0.25) is 11.8 Å². The second-order valence-electron chi connectivity index (χ2n) is 5.07. The summed E-state index contributed by atoms with van der Waals surface area (Å²) in [4.78, 5) is 13.0. The summed E-state index contributed by atoms with van der Waals surface area (Å²) in [7, 11) is 0. The normalized spacial score (nSPS) is 10.6. The van der Waals surface area contributed by atoms with Gasteiger partial charge in [0.05, 0.1) is 5.75 Å². The molecule has 0 atom stereocenters. The van der Waals surface area contributed by atoms with Crippen LogP contribution in [0.1, 0.15) is 5.56 Å². The van der Waals surface area contributed by atoms with E-state index in [1.807, 2.05) is 31.2 Å². The molecule has 0 radical (unpaired) electrons. The minimum absolute atomic E-state index is 0.0782. The maximum absolute atomic E-state index is 12.0. The Morgan fingerprint density at radius 3 is 2.54 bits per heavy atom. The number of rotatable bonds is 5. The van der Waals surface area contributed by atoms with Gasteiger partial charge in [0.25, 0.3) is 0 Å². The largest absolute Gasteiger partial charge is 0.403 e. The predicted molar refractivity (Wildman–Crippen MR) is 95.3 cm³/mol. The van der Waals surface area contributed by atoms with Gasteiger partial charge in [0.15, 0.2) is 0 Å². The zero-order chi connectivity index (χ0) is 16.9. The van der Waals surface area contributed by atoms with Crippen molar-refractivity contribution in [2.24, 2.45) is 0 Å². The third kappa shape index (κ3) is 4.37. The highest BCUT2D eigenvalue weighted by Gasteiger charge is 2.11. The van der Waals surface area contributed by atoms with Crippen molar-refractivity contribution in [3.8, 4) is 11.5 Å². The fourth-order valence-corrected chi connectivity index (χ4v) is 2.75. The molecule has 0 bridgehead atoms. The first-order valence-corrected chi connectivity index (χ1v) is 8.55. The Labute approximate surface area is 148 Å². The molecule has 1 amide bonds. The van der Waals surface area contributed by atoms with E-state index in [-0.39, 0.29) is 17.7 Å². The number of halogens is 1. The van der Waals surface area contributed by atoms with Crippen molar-refractivity contribution in [3.63, 3.8) is 0 Å². The molecule has 0 spiro atoms. The lowest BCUT2D eigenvalue weighted by Gasteiger charge is -2.02. The van der Waals surface area contributed by atoms with Crippen LogP contribution in [0.3, 0.4) is 0 Å². The summed E-state index contributed by atoms with van der Waals surface area (Å²) < 4.78 is 5.44. The number of nitrogens with one attached hydrogen (secondary N) is 1. The molecule has 3 aromatic rings. The third-order valence-electron chi connectivity index (χ3n) is 3.15. The summed E-state index contributed by atoms with van der Waals surface area (Å²) in [5, 5.41) is 11.0. The molecular weight excluding hydrogens is 346 g/mol. The average molecular weight is 360 g/mol. The van der Waals surface area contributed by atoms with Crippen molar-refractivity contribution in [3.05, 3.63) is 59.1 Å². The van der Waals surface area contributed by atoms with Gasteiger partial charge in [-0.1, -0.05) is 34.4 Å². The Morgan fingerprint density at radius 1 is 1.12 bits per heavy atom. The molecule has 1 aromatic heterocycles. The molecule has 0 fully saturated rings. The molecule has 24 heavy (non-hydrogen) atoms. The zero-order valence-electron chi connectivity index (χ0n) is 12.8. The van der Waals surface area contributed by atoms with Crippen molar-refractivity contribution >= 4 is 35.3 Å². The van der Waals surface area contributed by atoms with Crippen molar-refractivity contribution in [1.29, 1.82) is 0 Å². The van der Waals surface area contributed by atoms with Crippen LogP contribution >= 0.6 is 23.4 Å². The van der Waals surface area contributed by atoms with Crippen molar-refractivity contribution < 1.29 is 9.21 Å². The molecule has 0 unspecified atom stereocenters. The van der Waals surface area contributed by atoms with E-state index < -0.39 is 0 Å². The number of thioether (sulfide) groups is 1.